The molecule has 9 nitrogen and oxygen atoms in total. The summed E-state index contributed by atoms with van der Waals surface area (Å²) in [6.45, 7) is 4.79. The summed E-state index contributed by atoms with van der Waals surface area (Å²) in [7, 11) is 0. The molecule has 2 amide bonds. The van der Waals surface area contributed by atoms with Crippen LogP contribution in [0, 0.1) is 5.41 Å². The van der Waals surface area contributed by atoms with Gasteiger partial charge in [0.2, 0.25) is 5.95 Å². The van der Waals surface area contributed by atoms with E-state index in [1.54, 1.807) is 17.3 Å². The second-order valence-corrected chi connectivity index (χ2v) is 9.04. The summed E-state index contributed by atoms with van der Waals surface area (Å²) in [5.41, 5.74) is 1.71. The van der Waals surface area contributed by atoms with Crippen LogP contribution in [0.15, 0.2) is 42.7 Å². The zero-order chi connectivity index (χ0) is 22.1. The lowest BCUT2D eigenvalue weighted by molar-refractivity contribution is -0.127. The van der Waals surface area contributed by atoms with Crippen molar-refractivity contribution in [3.63, 3.8) is 0 Å². The van der Waals surface area contributed by atoms with Gasteiger partial charge in [0.25, 0.3) is 5.91 Å². The lowest BCUT2D eigenvalue weighted by Crippen LogP contribution is -2.66. The Morgan fingerprint density at radius 3 is 2.31 bits per heavy atom. The summed E-state index contributed by atoms with van der Waals surface area (Å²) < 4.78 is 5.29. The Bertz CT molecular complexity index is 964. The molecule has 1 spiro atoms. The minimum atomic E-state index is -0.927. The van der Waals surface area contributed by atoms with Crippen LogP contribution in [-0.4, -0.2) is 82.3 Å². The first-order valence-electron chi connectivity index (χ1n) is 11.0. The van der Waals surface area contributed by atoms with Crippen molar-refractivity contribution in [2.24, 2.45) is 5.41 Å². The van der Waals surface area contributed by atoms with Crippen LogP contribution < -0.4 is 4.90 Å². The Morgan fingerprint density at radius 2 is 1.75 bits per heavy atom. The highest BCUT2D eigenvalue weighted by molar-refractivity contribution is 5.93. The van der Waals surface area contributed by atoms with Crippen LogP contribution in [0.1, 0.15) is 28.8 Å². The number of hydrogen-bond donors (Lipinski definition) is 1. The minimum absolute atomic E-state index is 0.104. The quantitative estimate of drug-likeness (QED) is 0.765. The van der Waals surface area contributed by atoms with E-state index in [9.17, 15) is 14.7 Å². The Morgan fingerprint density at radius 1 is 1.09 bits per heavy atom. The van der Waals surface area contributed by atoms with E-state index in [-0.39, 0.29) is 17.4 Å². The van der Waals surface area contributed by atoms with Crippen molar-refractivity contribution in [1.29, 1.82) is 0 Å². The summed E-state index contributed by atoms with van der Waals surface area (Å²) >= 11 is 0. The van der Waals surface area contributed by atoms with Crippen LogP contribution in [0.2, 0.25) is 0 Å². The van der Waals surface area contributed by atoms with E-state index in [0.29, 0.717) is 44.0 Å². The molecule has 0 atom stereocenters. The molecule has 1 aromatic carbocycles. The number of aromatic nitrogens is 2. The number of hydrogen-bond acceptors (Lipinski definition) is 6. The third kappa shape index (κ3) is 4.00. The van der Waals surface area contributed by atoms with E-state index in [2.05, 4.69) is 14.9 Å². The van der Waals surface area contributed by atoms with Gasteiger partial charge in [0.05, 0.1) is 24.2 Å². The lowest BCUT2D eigenvalue weighted by atomic mass is 9.78. The van der Waals surface area contributed by atoms with Gasteiger partial charge in [0.15, 0.2) is 0 Å². The van der Waals surface area contributed by atoms with E-state index >= 15 is 0 Å². The highest BCUT2D eigenvalue weighted by Crippen LogP contribution is 2.38. The van der Waals surface area contributed by atoms with Crippen molar-refractivity contribution in [2.45, 2.75) is 25.4 Å². The van der Waals surface area contributed by atoms with Gasteiger partial charge in [-0.15, -0.1) is 0 Å². The van der Waals surface area contributed by atoms with Crippen LogP contribution in [0.3, 0.4) is 0 Å². The summed E-state index contributed by atoms with van der Waals surface area (Å²) in [6.07, 6.45) is 3.49. The van der Waals surface area contributed by atoms with Gasteiger partial charge in [-0.25, -0.2) is 14.8 Å². The molecule has 0 radical (unpaired) electrons. The molecule has 1 aromatic heterocycles. The molecular formula is C23H27N5O4. The van der Waals surface area contributed by atoms with Crippen LogP contribution in [0.5, 0.6) is 0 Å². The molecule has 0 saturated carbocycles. The van der Waals surface area contributed by atoms with Gasteiger partial charge in [0.1, 0.15) is 0 Å². The van der Waals surface area contributed by atoms with Gasteiger partial charge in [-0.1, -0.05) is 30.3 Å². The van der Waals surface area contributed by atoms with Crippen molar-refractivity contribution < 1.29 is 19.4 Å². The van der Waals surface area contributed by atoms with E-state index in [0.717, 1.165) is 31.9 Å². The van der Waals surface area contributed by atoms with E-state index < -0.39 is 6.09 Å². The molecule has 3 fully saturated rings. The van der Waals surface area contributed by atoms with Crippen LogP contribution in [-0.2, 0) is 11.3 Å². The van der Waals surface area contributed by atoms with Crippen LogP contribution >= 0.6 is 0 Å². The van der Waals surface area contributed by atoms with Gasteiger partial charge < -0.3 is 24.5 Å². The first-order chi connectivity index (χ1) is 15.5. The maximum absolute atomic E-state index is 12.9. The second-order valence-electron chi connectivity index (χ2n) is 9.04. The first-order valence-corrected chi connectivity index (χ1v) is 11.0. The predicted molar refractivity (Wildman–Crippen MR) is 116 cm³/mol. The molecule has 0 bridgehead atoms. The standard InChI is InChI=1S/C23H27N5O4/c29-20(18-10-24-21(25-11-18)27-13-23(14-27)15-32-16-23)26-8-6-19(7-9-26)28(22(30)31)12-17-4-2-1-3-5-17/h1-5,10-11,19H,6-9,12-16H2,(H,30,31). The number of nitrogens with zero attached hydrogens (tertiary/aromatic N) is 5. The van der Waals surface area contributed by atoms with E-state index in [4.69, 9.17) is 4.74 Å². The monoisotopic (exact) mass is 437 g/mol. The fraction of sp³-hybridized carbons (Fsp3) is 0.478. The Kier molecular flexibility index (Phi) is 5.42. The fourth-order valence-electron chi connectivity index (χ4n) is 4.77. The second kappa shape index (κ2) is 8.38. The van der Waals surface area contributed by atoms with Crippen LogP contribution in [0.25, 0.3) is 0 Å². The number of piperidine rings is 1. The molecule has 32 heavy (non-hydrogen) atoms. The van der Waals surface area contributed by atoms with Crippen LogP contribution in [0.4, 0.5) is 10.7 Å². The fourth-order valence-corrected chi connectivity index (χ4v) is 4.77. The molecule has 2 aromatic rings. The van der Waals surface area contributed by atoms with Crippen molar-refractivity contribution in [3.05, 3.63) is 53.9 Å². The summed E-state index contributed by atoms with van der Waals surface area (Å²) in [5, 5.41) is 9.71. The van der Waals surface area contributed by atoms with Gasteiger partial charge in [-0.05, 0) is 18.4 Å². The van der Waals surface area contributed by atoms with Gasteiger partial charge in [0, 0.05) is 51.2 Å². The summed E-state index contributed by atoms with van der Waals surface area (Å²) in [5.74, 6) is 0.545. The zero-order valence-corrected chi connectivity index (χ0v) is 17.9. The molecule has 3 aliphatic rings. The number of benzene rings is 1. The average Bonchev–Trinajstić information content (AvgIpc) is 2.76. The van der Waals surface area contributed by atoms with Crippen molar-refractivity contribution in [3.8, 4) is 0 Å². The maximum Gasteiger partial charge on any atom is 0.407 e. The third-order valence-electron chi connectivity index (χ3n) is 6.67. The summed E-state index contributed by atoms with van der Waals surface area (Å²) in [4.78, 5) is 38.9. The number of amides is 2. The topological polar surface area (TPSA) is 99.1 Å². The Labute approximate surface area is 186 Å². The number of ether oxygens (including phenoxy) is 1. The highest BCUT2D eigenvalue weighted by Gasteiger charge is 2.49. The molecule has 3 saturated heterocycles. The number of rotatable bonds is 5. The van der Waals surface area contributed by atoms with E-state index in [1.165, 1.54) is 4.90 Å². The number of carbonyl (C=O) groups excluding carboxylic acids is 1. The molecule has 1 N–H and O–H groups in total. The van der Waals surface area contributed by atoms with Gasteiger partial charge >= 0.3 is 6.09 Å². The maximum atomic E-state index is 12.9. The minimum Gasteiger partial charge on any atom is -0.465 e. The molecule has 0 unspecified atom stereocenters. The first kappa shape index (κ1) is 20.7. The Balaban J connectivity index is 1.16. The van der Waals surface area contributed by atoms with Gasteiger partial charge in [-0.3, -0.25) is 4.79 Å². The number of carboxylic acid groups (broad SMARTS) is 1. The van der Waals surface area contributed by atoms with E-state index in [1.807, 2.05) is 30.3 Å². The zero-order valence-electron chi connectivity index (χ0n) is 17.9. The van der Waals surface area contributed by atoms with Crippen molar-refractivity contribution in [1.82, 2.24) is 19.8 Å². The molecule has 0 aliphatic carbocycles. The third-order valence-corrected chi connectivity index (χ3v) is 6.67. The van der Waals surface area contributed by atoms with Crippen molar-refractivity contribution >= 4 is 17.9 Å². The largest absolute Gasteiger partial charge is 0.465 e. The molecular weight excluding hydrogens is 410 g/mol. The molecule has 168 valence electrons. The number of anilines is 1. The molecule has 5 rings (SSSR count). The highest BCUT2D eigenvalue weighted by atomic mass is 16.5. The molecule has 4 heterocycles. The number of likely N-dealkylation sites (tertiary alicyclic amines) is 1. The molecule has 3 aliphatic heterocycles. The SMILES string of the molecule is O=C(c1cnc(N2CC3(COC3)C2)nc1)N1CCC(N(Cc2ccccc2)C(=O)O)CC1. The lowest BCUT2D eigenvalue weighted by Gasteiger charge is -2.54. The molecule has 9 heteroatoms. The van der Waals surface area contributed by atoms with Crippen molar-refractivity contribution in [2.75, 3.05) is 44.3 Å². The summed E-state index contributed by atoms with van der Waals surface area (Å²) in [6, 6.07) is 9.48. The normalized spacial score (nSPS) is 19.9. The smallest absolute Gasteiger partial charge is 0.407 e. The average molecular weight is 438 g/mol. The van der Waals surface area contributed by atoms with Gasteiger partial charge in [-0.2, -0.15) is 0 Å². The Hall–Kier alpha value is -3.20. The number of carbonyl (C=O) groups is 2. The predicted octanol–water partition coefficient (Wildman–Crippen LogP) is 2.10.